The number of hydrogen-bond acceptors (Lipinski definition) is 4. The van der Waals surface area contributed by atoms with Gasteiger partial charge in [0.15, 0.2) is 11.5 Å². The summed E-state index contributed by atoms with van der Waals surface area (Å²) in [5.41, 5.74) is 2.96. The Hall–Kier alpha value is -2.40. The molecule has 1 saturated heterocycles. The zero-order valence-corrected chi connectivity index (χ0v) is 16.8. The van der Waals surface area contributed by atoms with Gasteiger partial charge in [-0.1, -0.05) is 23.7 Å². The van der Waals surface area contributed by atoms with Crippen molar-refractivity contribution in [3.8, 4) is 11.5 Å². The number of benzene rings is 2. The lowest BCUT2D eigenvalue weighted by Gasteiger charge is -2.36. The lowest BCUT2D eigenvalue weighted by atomic mass is 10.1. The zero-order valence-electron chi connectivity index (χ0n) is 16.0. The van der Waals surface area contributed by atoms with Gasteiger partial charge in [-0.2, -0.15) is 0 Å². The fourth-order valence-corrected chi connectivity index (χ4v) is 3.57. The number of halogens is 1. The van der Waals surface area contributed by atoms with Crippen LogP contribution in [0.3, 0.4) is 0 Å². The summed E-state index contributed by atoms with van der Waals surface area (Å²) < 4.78 is 10.9. The Morgan fingerprint density at radius 3 is 2.52 bits per heavy atom. The van der Waals surface area contributed by atoms with Gasteiger partial charge in [0.25, 0.3) is 5.91 Å². The summed E-state index contributed by atoms with van der Waals surface area (Å²) in [4.78, 5) is 17.1. The molecule has 0 atom stereocenters. The van der Waals surface area contributed by atoms with Gasteiger partial charge in [-0.05, 0) is 43.7 Å². The molecule has 1 aliphatic heterocycles. The molecule has 0 radical (unpaired) electrons. The summed E-state index contributed by atoms with van der Waals surface area (Å²) in [5.74, 6) is 0.913. The van der Waals surface area contributed by atoms with E-state index in [9.17, 15) is 4.79 Å². The molecule has 144 valence electrons. The number of carbonyl (C=O) groups excluding carboxylic acids is 1. The average Bonchev–Trinajstić information content (AvgIpc) is 2.69. The number of aryl methyl sites for hydroxylation is 1. The van der Waals surface area contributed by atoms with Gasteiger partial charge < -0.3 is 19.3 Å². The second-order valence-corrected chi connectivity index (χ2v) is 6.95. The van der Waals surface area contributed by atoms with Crippen molar-refractivity contribution in [1.29, 1.82) is 0 Å². The van der Waals surface area contributed by atoms with Crippen LogP contribution < -0.4 is 14.4 Å². The Labute approximate surface area is 165 Å². The van der Waals surface area contributed by atoms with Crippen molar-refractivity contribution in [3.63, 3.8) is 0 Å². The Morgan fingerprint density at radius 1 is 1.15 bits per heavy atom. The van der Waals surface area contributed by atoms with E-state index >= 15 is 0 Å². The normalized spacial score (nSPS) is 14.2. The van der Waals surface area contributed by atoms with Crippen molar-refractivity contribution in [3.05, 3.63) is 52.5 Å². The first kappa shape index (κ1) is 19.4. The molecule has 0 aliphatic carbocycles. The summed E-state index contributed by atoms with van der Waals surface area (Å²) >= 11 is 6.31. The van der Waals surface area contributed by atoms with E-state index in [4.69, 9.17) is 21.1 Å². The lowest BCUT2D eigenvalue weighted by Crippen LogP contribution is -2.48. The molecule has 0 unspecified atom stereocenters. The summed E-state index contributed by atoms with van der Waals surface area (Å²) in [6, 6.07) is 11.8. The van der Waals surface area contributed by atoms with Crippen LogP contribution in [0.4, 0.5) is 5.69 Å². The molecule has 0 bridgehead atoms. The maximum Gasteiger partial charge on any atom is 0.254 e. The fraction of sp³-hybridized carbons (Fsp3) is 0.381. The molecular formula is C21H25ClN2O3. The standard InChI is InChI=1S/C21H25ClN2O3/c1-4-27-20-18(22)13-16(14-19(20)26-3)21(25)24-10-8-23(9-11-24)17-7-5-6-15(2)12-17/h5-7,12-14H,4,8-11H2,1-3H3. The van der Waals surface area contributed by atoms with Gasteiger partial charge in [-0.25, -0.2) is 0 Å². The summed E-state index contributed by atoms with van der Waals surface area (Å²) in [6.45, 7) is 7.38. The van der Waals surface area contributed by atoms with Crippen LogP contribution in [0, 0.1) is 6.92 Å². The number of methoxy groups -OCH3 is 1. The van der Waals surface area contributed by atoms with E-state index in [1.165, 1.54) is 11.3 Å². The van der Waals surface area contributed by atoms with E-state index in [0.717, 1.165) is 13.1 Å². The molecule has 0 spiro atoms. The minimum atomic E-state index is -0.0397. The highest BCUT2D eigenvalue weighted by Gasteiger charge is 2.24. The minimum absolute atomic E-state index is 0.0397. The lowest BCUT2D eigenvalue weighted by molar-refractivity contribution is 0.0746. The predicted octanol–water partition coefficient (Wildman–Crippen LogP) is 4.02. The Kier molecular flexibility index (Phi) is 6.11. The van der Waals surface area contributed by atoms with Gasteiger partial charge in [-0.15, -0.1) is 0 Å². The van der Waals surface area contributed by atoms with E-state index in [0.29, 0.717) is 41.8 Å². The monoisotopic (exact) mass is 388 g/mol. The van der Waals surface area contributed by atoms with Crippen LogP contribution in [0.1, 0.15) is 22.8 Å². The van der Waals surface area contributed by atoms with E-state index in [2.05, 4.69) is 36.1 Å². The molecule has 1 heterocycles. The van der Waals surface area contributed by atoms with Gasteiger partial charge in [0, 0.05) is 37.4 Å². The van der Waals surface area contributed by atoms with Gasteiger partial charge in [0.1, 0.15) is 0 Å². The van der Waals surface area contributed by atoms with Crippen LogP contribution in [-0.2, 0) is 0 Å². The van der Waals surface area contributed by atoms with E-state index in [1.54, 1.807) is 19.2 Å². The van der Waals surface area contributed by atoms with Crippen LogP contribution in [0.15, 0.2) is 36.4 Å². The first-order valence-electron chi connectivity index (χ1n) is 9.14. The second kappa shape index (κ2) is 8.53. The summed E-state index contributed by atoms with van der Waals surface area (Å²) in [6.07, 6.45) is 0. The van der Waals surface area contributed by atoms with Gasteiger partial charge >= 0.3 is 0 Å². The van der Waals surface area contributed by atoms with Crippen molar-refractivity contribution in [1.82, 2.24) is 4.90 Å². The second-order valence-electron chi connectivity index (χ2n) is 6.54. The number of piperazine rings is 1. The molecule has 0 N–H and O–H groups in total. The molecule has 1 aliphatic rings. The maximum atomic E-state index is 12.9. The number of carbonyl (C=O) groups is 1. The van der Waals surface area contributed by atoms with Crippen molar-refractivity contribution >= 4 is 23.2 Å². The highest BCUT2D eigenvalue weighted by atomic mass is 35.5. The largest absolute Gasteiger partial charge is 0.493 e. The summed E-state index contributed by atoms with van der Waals surface area (Å²) in [5, 5.41) is 0.387. The Balaban J connectivity index is 1.71. The SMILES string of the molecule is CCOc1c(Cl)cc(C(=O)N2CCN(c3cccc(C)c3)CC2)cc1OC. The number of ether oxygens (including phenoxy) is 2. The van der Waals surface area contributed by atoms with Crippen LogP contribution in [0.2, 0.25) is 5.02 Å². The topological polar surface area (TPSA) is 42.0 Å². The first-order chi connectivity index (χ1) is 13.0. The van der Waals surface area contributed by atoms with Gasteiger partial charge in [0.05, 0.1) is 18.7 Å². The number of amides is 1. The molecule has 2 aromatic carbocycles. The van der Waals surface area contributed by atoms with E-state index in [-0.39, 0.29) is 5.91 Å². The van der Waals surface area contributed by atoms with Crippen LogP contribution in [0.25, 0.3) is 0 Å². The van der Waals surface area contributed by atoms with Crippen LogP contribution in [-0.4, -0.2) is 50.7 Å². The molecule has 2 aromatic rings. The van der Waals surface area contributed by atoms with E-state index in [1.807, 2.05) is 11.8 Å². The molecule has 27 heavy (non-hydrogen) atoms. The maximum absolute atomic E-state index is 12.9. The molecule has 6 heteroatoms. The quantitative estimate of drug-likeness (QED) is 0.775. The first-order valence-corrected chi connectivity index (χ1v) is 9.52. The number of rotatable bonds is 5. The Morgan fingerprint density at radius 2 is 1.89 bits per heavy atom. The Bertz CT molecular complexity index is 817. The fourth-order valence-electron chi connectivity index (χ4n) is 3.30. The molecule has 0 saturated carbocycles. The predicted molar refractivity (Wildman–Crippen MR) is 108 cm³/mol. The summed E-state index contributed by atoms with van der Waals surface area (Å²) in [7, 11) is 1.54. The molecule has 1 fully saturated rings. The number of hydrogen-bond donors (Lipinski definition) is 0. The molecular weight excluding hydrogens is 364 g/mol. The third kappa shape index (κ3) is 4.30. The third-order valence-electron chi connectivity index (χ3n) is 4.70. The van der Waals surface area contributed by atoms with Crippen LogP contribution >= 0.6 is 11.6 Å². The molecule has 1 amide bonds. The zero-order chi connectivity index (χ0) is 19.4. The number of nitrogens with zero attached hydrogens (tertiary/aromatic N) is 2. The highest BCUT2D eigenvalue weighted by molar-refractivity contribution is 6.32. The molecule has 3 rings (SSSR count). The molecule has 5 nitrogen and oxygen atoms in total. The van der Waals surface area contributed by atoms with Crippen molar-refractivity contribution in [2.75, 3.05) is 44.8 Å². The van der Waals surface area contributed by atoms with Gasteiger partial charge in [-0.3, -0.25) is 4.79 Å². The van der Waals surface area contributed by atoms with Crippen molar-refractivity contribution in [2.24, 2.45) is 0 Å². The van der Waals surface area contributed by atoms with Crippen molar-refractivity contribution in [2.45, 2.75) is 13.8 Å². The van der Waals surface area contributed by atoms with Crippen molar-refractivity contribution < 1.29 is 14.3 Å². The highest BCUT2D eigenvalue weighted by Crippen LogP contribution is 2.36. The number of anilines is 1. The smallest absolute Gasteiger partial charge is 0.254 e. The average molecular weight is 389 g/mol. The third-order valence-corrected chi connectivity index (χ3v) is 4.98. The minimum Gasteiger partial charge on any atom is -0.493 e. The van der Waals surface area contributed by atoms with E-state index < -0.39 is 0 Å². The molecule has 0 aromatic heterocycles. The van der Waals surface area contributed by atoms with Crippen LogP contribution in [0.5, 0.6) is 11.5 Å². The van der Waals surface area contributed by atoms with Gasteiger partial charge in [0.2, 0.25) is 0 Å².